The quantitative estimate of drug-likeness (QED) is 0.728. The monoisotopic (exact) mass is 324 g/mol. The number of fused-ring (bicyclic) bond motifs is 1. The maximum Gasteiger partial charge on any atom is 0.134 e. The summed E-state index contributed by atoms with van der Waals surface area (Å²) < 4.78 is 17.0. The van der Waals surface area contributed by atoms with Crippen LogP contribution in [0.25, 0.3) is 10.8 Å². The summed E-state index contributed by atoms with van der Waals surface area (Å²) in [5, 5.41) is 2.35. The smallest absolute Gasteiger partial charge is 0.134 e. The summed E-state index contributed by atoms with van der Waals surface area (Å²) in [6.45, 7) is 2.29. The maximum absolute atomic E-state index is 5.71. The van der Waals surface area contributed by atoms with Gasteiger partial charge in [-0.2, -0.15) is 0 Å². The molecule has 0 unspecified atom stereocenters. The van der Waals surface area contributed by atoms with Crippen LogP contribution >= 0.6 is 15.9 Å². The Morgan fingerprint density at radius 2 is 1.74 bits per heavy atom. The minimum Gasteiger partial charge on any atom is -0.490 e. The predicted octanol–water partition coefficient (Wildman–Crippen LogP) is 3.64. The van der Waals surface area contributed by atoms with Crippen molar-refractivity contribution in [3.63, 3.8) is 0 Å². The minimum atomic E-state index is 0.528. The van der Waals surface area contributed by atoms with E-state index in [1.54, 1.807) is 7.11 Å². The molecule has 0 atom stereocenters. The molecule has 0 spiro atoms. The molecule has 4 heteroatoms. The van der Waals surface area contributed by atoms with E-state index in [0.717, 1.165) is 15.6 Å². The summed E-state index contributed by atoms with van der Waals surface area (Å²) in [6.07, 6.45) is 0. The van der Waals surface area contributed by atoms with E-state index in [1.165, 1.54) is 5.39 Å². The van der Waals surface area contributed by atoms with Gasteiger partial charge in [0.25, 0.3) is 0 Å². The summed E-state index contributed by atoms with van der Waals surface area (Å²) in [5.74, 6) is 0.842. The highest BCUT2D eigenvalue weighted by Gasteiger charge is 2.05. The fraction of sp³-hybridized carbons (Fsp3) is 0.333. The molecular weight excluding hydrogens is 308 g/mol. The van der Waals surface area contributed by atoms with Crippen LogP contribution in [0.2, 0.25) is 0 Å². The van der Waals surface area contributed by atoms with Gasteiger partial charge in [0.15, 0.2) is 0 Å². The van der Waals surface area contributed by atoms with Crippen molar-refractivity contribution in [1.29, 1.82) is 0 Å². The third-order valence-corrected chi connectivity index (χ3v) is 3.56. The van der Waals surface area contributed by atoms with E-state index in [9.17, 15) is 0 Å². The lowest BCUT2D eigenvalue weighted by atomic mass is 10.1. The van der Waals surface area contributed by atoms with Crippen molar-refractivity contribution in [3.05, 3.63) is 40.9 Å². The van der Waals surface area contributed by atoms with Gasteiger partial charge in [0.2, 0.25) is 0 Å². The van der Waals surface area contributed by atoms with E-state index in [-0.39, 0.29) is 0 Å². The number of rotatable bonds is 7. The molecule has 0 heterocycles. The molecule has 0 aliphatic rings. The zero-order chi connectivity index (χ0) is 13.5. The van der Waals surface area contributed by atoms with Gasteiger partial charge in [-0.05, 0) is 32.8 Å². The summed E-state index contributed by atoms with van der Waals surface area (Å²) in [6, 6.07) is 12.2. The number of ether oxygens (including phenoxy) is 3. The molecule has 0 aliphatic heterocycles. The highest BCUT2D eigenvalue weighted by Crippen LogP contribution is 2.32. The molecule has 19 heavy (non-hydrogen) atoms. The van der Waals surface area contributed by atoms with Crippen LogP contribution in [0.5, 0.6) is 5.75 Å². The van der Waals surface area contributed by atoms with Gasteiger partial charge in [-0.3, -0.25) is 0 Å². The van der Waals surface area contributed by atoms with Crippen LogP contribution < -0.4 is 4.74 Å². The lowest BCUT2D eigenvalue weighted by molar-refractivity contribution is 0.0543. The van der Waals surface area contributed by atoms with E-state index in [1.807, 2.05) is 18.2 Å². The molecular formula is C15H17BrO3. The molecule has 2 aromatic carbocycles. The first-order valence-corrected chi connectivity index (χ1v) is 6.99. The molecule has 0 aromatic heterocycles. The fourth-order valence-corrected chi connectivity index (χ4v) is 2.39. The zero-order valence-electron chi connectivity index (χ0n) is 10.9. The van der Waals surface area contributed by atoms with Crippen molar-refractivity contribution in [2.45, 2.75) is 0 Å². The summed E-state index contributed by atoms with van der Waals surface area (Å²) >= 11 is 3.59. The van der Waals surface area contributed by atoms with Gasteiger partial charge in [0.05, 0.1) is 24.3 Å². The third-order valence-electron chi connectivity index (χ3n) is 2.74. The van der Waals surface area contributed by atoms with Crippen LogP contribution in [-0.2, 0) is 9.47 Å². The van der Waals surface area contributed by atoms with Gasteiger partial charge in [0.1, 0.15) is 12.4 Å². The third kappa shape index (κ3) is 3.93. The van der Waals surface area contributed by atoms with Gasteiger partial charge >= 0.3 is 0 Å². The molecule has 0 amide bonds. The van der Waals surface area contributed by atoms with Crippen molar-refractivity contribution >= 4 is 26.7 Å². The highest BCUT2D eigenvalue weighted by atomic mass is 79.9. The van der Waals surface area contributed by atoms with Gasteiger partial charge in [-0.25, -0.2) is 0 Å². The molecule has 2 rings (SSSR count). The van der Waals surface area contributed by atoms with Crippen molar-refractivity contribution < 1.29 is 14.2 Å². The number of hydrogen-bond donors (Lipinski definition) is 0. The fourth-order valence-electron chi connectivity index (χ4n) is 1.78. The topological polar surface area (TPSA) is 27.7 Å². The predicted molar refractivity (Wildman–Crippen MR) is 79.8 cm³/mol. The highest BCUT2D eigenvalue weighted by molar-refractivity contribution is 9.10. The molecule has 0 bridgehead atoms. The first-order chi connectivity index (χ1) is 9.33. The van der Waals surface area contributed by atoms with Crippen LogP contribution in [0.4, 0.5) is 0 Å². The Morgan fingerprint density at radius 1 is 0.947 bits per heavy atom. The molecule has 2 aromatic rings. The second-order valence-electron chi connectivity index (χ2n) is 4.05. The lowest BCUT2D eigenvalue weighted by Gasteiger charge is -2.10. The van der Waals surface area contributed by atoms with E-state index in [4.69, 9.17) is 14.2 Å². The Morgan fingerprint density at radius 3 is 2.58 bits per heavy atom. The average molecular weight is 325 g/mol. The van der Waals surface area contributed by atoms with Crippen molar-refractivity contribution in [2.75, 3.05) is 33.5 Å². The normalized spacial score (nSPS) is 10.8. The van der Waals surface area contributed by atoms with Crippen LogP contribution in [-0.4, -0.2) is 33.5 Å². The minimum absolute atomic E-state index is 0.528. The largest absolute Gasteiger partial charge is 0.490 e. The second-order valence-corrected chi connectivity index (χ2v) is 4.85. The number of hydrogen-bond acceptors (Lipinski definition) is 3. The molecule has 102 valence electrons. The van der Waals surface area contributed by atoms with E-state index in [0.29, 0.717) is 26.4 Å². The van der Waals surface area contributed by atoms with Crippen LogP contribution in [0, 0.1) is 0 Å². The van der Waals surface area contributed by atoms with Gasteiger partial charge < -0.3 is 14.2 Å². The summed E-state index contributed by atoms with van der Waals surface area (Å²) in [4.78, 5) is 0. The molecule has 0 saturated carbocycles. The van der Waals surface area contributed by atoms with E-state index < -0.39 is 0 Å². The lowest BCUT2D eigenvalue weighted by Crippen LogP contribution is -2.10. The van der Waals surface area contributed by atoms with E-state index >= 15 is 0 Å². The molecule has 0 aliphatic carbocycles. The zero-order valence-corrected chi connectivity index (χ0v) is 12.5. The second kappa shape index (κ2) is 7.48. The van der Waals surface area contributed by atoms with Crippen molar-refractivity contribution in [2.24, 2.45) is 0 Å². The molecule has 0 N–H and O–H groups in total. The molecule has 3 nitrogen and oxygen atoms in total. The Bertz CT molecular complexity index is 528. The Hall–Kier alpha value is -1.10. The number of benzene rings is 2. The average Bonchev–Trinajstić information content (AvgIpc) is 2.45. The Kier molecular flexibility index (Phi) is 5.63. The van der Waals surface area contributed by atoms with Crippen LogP contribution in [0.15, 0.2) is 40.9 Å². The summed E-state index contributed by atoms with van der Waals surface area (Å²) in [5.41, 5.74) is 0. The SMILES string of the molecule is COCCOCCOc1ccc2ccccc2c1Br. The van der Waals surface area contributed by atoms with Crippen LogP contribution in [0.3, 0.4) is 0 Å². The summed E-state index contributed by atoms with van der Waals surface area (Å²) in [7, 11) is 1.66. The Balaban J connectivity index is 1.92. The van der Waals surface area contributed by atoms with Gasteiger partial charge in [-0.15, -0.1) is 0 Å². The first kappa shape index (κ1) is 14.3. The maximum atomic E-state index is 5.71. The van der Waals surface area contributed by atoms with Crippen LogP contribution in [0.1, 0.15) is 0 Å². The van der Waals surface area contributed by atoms with Gasteiger partial charge in [0, 0.05) is 7.11 Å². The van der Waals surface area contributed by atoms with Crippen molar-refractivity contribution in [1.82, 2.24) is 0 Å². The molecule has 0 saturated heterocycles. The number of halogens is 1. The molecule has 0 radical (unpaired) electrons. The standard InChI is InChI=1S/C15H17BrO3/c1-17-8-9-18-10-11-19-14-7-6-12-4-2-3-5-13(12)15(14)16/h2-7H,8-11H2,1H3. The van der Waals surface area contributed by atoms with Gasteiger partial charge in [-0.1, -0.05) is 30.3 Å². The van der Waals surface area contributed by atoms with Crippen molar-refractivity contribution in [3.8, 4) is 5.75 Å². The molecule has 0 fully saturated rings. The first-order valence-electron chi connectivity index (χ1n) is 6.19. The number of methoxy groups -OCH3 is 1. The van der Waals surface area contributed by atoms with E-state index in [2.05, 4.69) is 34.1 Å². The Labute approximate surface area is 121 Å².